The largest absolute Gasteiger partial charge is 0.398 e. The van der Waals surface area contributed by atoms with Crippen molar-refractivity contribution in [3.05, 3.63) is 28.7 Å². The highest BCUT2D eigenvalue weighted by Gasteiger charge is 2.05. The highest BCUT2D eigenvalue weighted by atomic mass is 16.1. The minimum Gasteiger partial charge on any atom is -0.398 e. The van der Waals surface area contributed by atoms with Crippen LogP contribution in [0, 0.1) is 5.92 Å². The van der Waals surface area contributed by atoms with Crippen LogP contribution < -0.4 is 11.3 Å². The number of hydrogen-bond acceptors (Lipinski definition) is 2. The molecule has 2 N–H and O–H groups in total. The summed E-state index contributed by atoms with van der Waals surface area (Å²) in [7, 11) is 0. The van der Waals surface area contributed by atoms with Gasteiger partial charge in [0.05, 0.1) is 0 Å². The summed E-state index contributed by atoms with van der Waals surface area (Å²) in [5.41, 5.74) is 6.31. The van der Waals surface area contributed by atoms with E-state index in [1.165, 1.54) is 6.07 Å². The second-order valence-electron chi connectivity index (χ2n) is 3.64. The molecule has 0 unspecified atom stereocenters. The van der Waals surface area contributed by atoms with Crippen molar-refractivity contribution >= 4 is 5.69 Å². The van der Waals surface area contributed by atoms with Gasteiger partial charge in [-0.1, -0.05) is 26.7 Å². The number of anilines is 1. The van der Waals surface area contributed by atoms with Crippen molar-refractivity contribution in [3.8, 4) is 0 Å². The Bertz CT molecular complexity index is 339. The summed E-state index contributed by atoms with van der Waals surface area (Å²) in [6.45, 7) is 5.06. The number of nitrogen functional groups attached to an aromatic ring is 1. The van der Waals surface area contributed by atoms with Crippen LogP contribution in [0.5, 0.6) is 0 Å². The molecule has 0 aliphatic heterocycles. The predicted octanol–water partition coefficient (Wildman–Crippen LogP) is 1.87. The first kappa shape index (κ1) is 10.8. The Morgan fingerprint density at radius 1 is 1.36 bits per heavy atom. The molecule has 0 aromatic carbocycles. The Morgan fingerprint density at radius 2 is 2.00 bits per heavy atom. The molecule has 0 saturated carbocycles. The fourth-order valence-corrected chi connectivity index (χ4v) is 1.52. The predicted molar refractivity (Wildman–Crippen MR) is 59.2 cm³/mol. The topological polar surface area (TPSA) is 48.0 Å². The van der Waals surface area contributed by atoms with Crippen molar-refractivity contribution in [2.75, 3.05) is 5.73 Å². The lowest BCUT2D eigenvalue weighted by Gasteiger charge is -2.14. The summed E-state index contributed by atoms with van der Waals surface area (Å²) < 4.78 is 1.70. The van der Waals surface area contributed by atoms with E-state index >= 15 is 0 Å². The van der Waals surface area contributed by atoms with Crippen LogP contribution in [-0.4, -0.2) is 4.57 Å². The quantitative estimate of drug-likeness (QED) is 0.795. The van der Waals surface area contributed by atoms with E-state index in [-0.39, 0.29) is 5.56 Å². The minimum atomic E-state index is 0.0334. The van der Waals surface area contributed by atoms with Crippen molar-refractivity contribution in [1.29, 1.82) is 0 Å². The molecule has 3 nitrogen and oxygen atoms in total. The maximum atomic E-state index is 11.4. The van der Waals surface area contributed by atoms with Gasteiger partial charge in [0.1, 0.15) is 0 Å². The van der Waals surface area contributed by atoms with Crippen molar-refractivity contribution in [3.63, 3.8) is 0 Å². The maximum Gasteiger partial charge on any atom is 0.250 e. The van der Waals surface area contributed by atoms with Crippen LogP contribution in [-0.2, 0) is 6.54 Å². The lowest BCUT2D eigenvalue weighted by Crippen LogP contribution is -2.22. The number of nitrogens with zero attached hydrogens (tertiary/aromatic N) is 1. The van der Waals surface area contributed by atoms with Gasteiger partial charge in [-0.2, -0.15) is 0 Å². The molecule has 0 spiro atoms. The summed E-state index contributed by atoms with van der Waals surface area (Å²) >= 11 is 0. The molecule has 0 aliphatic rings. The zero-order valence-corrected chi connectivity index (χ0v) is 8.86. The summed E-state index contributed by atoms with van der Waals surface area (Å²) in [6, 6.07) is 3.17. The Labute approximate surface area is 84.6 Å². The van der Waals surface area contributed by atoms with E-state index in [2.05, 4.69) is 13.8 Å². The van der Waals surface area contributed by atoms with Crippen molar-refractivity contribution in [1.82, 2.24) is 4.57 Å². The zero-order valence-electron chi connectivity index (χ0n) is 8.86. The first-order valence-electron chi connectivity index (χ1n) is 5.13. The molecule has 1 aromatic rings. The van der Waals surface area contributed by atoms with Gasteiger partial charge in [0.25, 0.3) is 5.56 Å². The van der Waals surface area contributed by atoms with E-state index in [0.717, 1.165) is 19.4 Å². The third-order valence-corrected chi connectivity index (χ3v) is 2.62. The average Bonchev–Trinajstić information content (AvgIpc) is 2.19. The number of aromatic nitrogens is 1. The lowest BCUT2D eigenvalue weighted by atomic mass is 10.0. The molecule has 1 aromatic heterocycles. The van der Waals surface area contributed by atoms with Crippen molar-refractivity contribution in [2.45, 2.75) is 33.2 Å². The molecule has 14 heavy (non-hydrogen) atoms. The minimum absolute atomic E-state index is 0.0334. The van der Waals surface area contributed by atoms with Gasteiger partial charge in [-0.15, -0.1) is 0 Å². The zero-order chi connectivity index (χ0) is 10.6. The Hall–Kier alpha value is -1.25. The van der Waals surface area contributed by atoms with Gasteiger partial charge >= 0.3 is 0 Å². The fourth-order valence-electron chi connectivity index (χ4n) is 1.52. The SMILES string of the molecule is CCC(CC)Cn1cc(N)ccc1=O. The summed E-state index contributed by atoms with van der Waals surface area (Å²) in [5, 5.41) is 0. The van der Waals surface area contributed by atoms with E-state index < -0.39 is 0 Å². The van der Waals surface area contributed by atoms with Gasteiger partial charge in [0.15, 0.2) is 0 Å². The van der Waals surface area contributed by atoms with E-state index in [0.29, 0.717) is 11.6 Å². The van der Waals surface area contributed by atoms with Crippen molar-refractivity contribution < 1.29 is 0 Å². The van der Waals surface area contributed by atoms with Crippen LogP contribution >= 0.6 is 0 Å². The van der Waals surface area contributed by atoms with E-state index in [1.54, 1.807) is 16.8 Å². The van der Waals surface area contributed by atoms with Gasteiger partial charge < -0.3 is 10.3 Å². The summed E-state index contributed by atoms with van der Waals surface area (Å²) in [4.78, 5) is 11.4. The molecule has 0 radical (unpaired) electrons. The third kappa shape index (κ3) is 2.62. The fraction of sp³-hybridized carbons (Fsp3) is 0.545. The second kappa shape index (κ2) is 4.84. The first-order valence-corrected chi connectivity index (χ1v) is 5.13. The number of hydrogen-bond donors (Lipinski definition) is 1. The molecule has 1 rings (SSSR count). The molecule has 0 atom stereocenters. The summed E-state index contributed by atoms with van der Waals surface area (Å²) in [6.07, 6.45) is 3.91. The molecule has 1 heterocycles. The first-order chi connectivity index (χ1) is 6.67. The van der Waals surface area contributed by atoms with Crippen LogP contribution in [0.4, 0.5) is 5.69 Å². The van der Waals surface area contributed by atoms with Gasteiger partial charge in [-0.25, -0.2) is 0 Å². The molecule has 0 fully saturated rings. The van der Waals surface area contributed by atoms with Crippen LogP contribution in [0.3, 0.4) is 0 Å². The van der Waals surface area contributed by atoms with Gasteiger partial charge in [-0.3, -0.25) is 4.79 Å². The van der Waals surface area contributed by atoms with Crippen LogP contribution in [0.1, 0.15) is 26.7 Å². The molecule has 0 bridgehead atoms. The van der Waals surface area contributed by atoms with Gasteiger partial charge in [0.2, 0.25) is 0 Å². The molecule has 0 saturated heterocycles. The van der Waals surface area contributed by atoms with Crippen LogP contribution in [0.2, 0.25) is 0 Å². The van der Waals surface area contributed by atoms with Crippen LogP contribution in [0.25, 0.3) is 0 Å². The molecule has 3 heteroatoms. The second-order valence-corrected chi connectivity index (χ2v) is 3.64. The molecular weight excluding hydrogens is 176 g/mol. The lowest BCUT2D eigenvalue weighted by molar-refractivity contribution is 0.412. The maximum absolute atomic E-state index is 11.4. The van der Waals surface area contributed by atoms with E-state index in [4.69, 9.17) is 5.73 Å². The molecule has 0 amide bonds. The molecule has 0 aliphatic carbocycles. The molecule has 78 valence electrons. The number of rotatable bonds is 4. The Kier molecular flexibility index (Phi) is 3.74. The normalized spacial score (nSPS) is 10.8. The molecular formula is C11H18N2O. The van der Waals surface area contributed by atoms with Crippen molar-refractivity contribution in [2.24, 2.45) is 5.92 Å². The van der Waals surface area contributed by atoms with Gasteiger partial charge in [-0.05, 0) is 12.0 Å². The van der Waals surface area contributed by atoms with Gasteiger partial charge in [0, 0.05) is 24.5 Å². The third-order valence-electron chi connectivity index (χ3n) is 2.62. The highest BCUT2D eigenvalue weighted by molar-refractivity contribution is 5.33. The van der Waals surface area contributed by atoms with E-state index in [9.17, 15) is 4.79 Å². The highest BCUT2D eigenvalue weighted by Crippen LogP contribution is 2.10. The Balaban J connectivity index is 2.85. The monoisotopic (exact) mass is 194 g/mol. The standard InChI is InChI=1S/C11H18N2O/c1-3-9(4-2)7-13-8-10(12)5-6-11(13)14/h5-6,8-9H,3-4,7,12H2,1-2H3. The summed E-state index contributed by atoms with van der Waals surface area (Å²) in [5.74, 6) is 0.564. The smallest absolute Gasteiger partial charge is 0.250 e. The average molecular weight is 194 g/mol. The number of nitrogens with two attached hydrogens (primary N) is 1. The van der Waals surface area contributed by atoms with E-state index in [1.807, 2.05) is 0 Å². The van der Waals surface area contributed by atoms with Crippen LogP contribution in [0.15, 0.2) is 23.1 Å². The number of pyridine rings is 1. The Morgan fingerprint density at radius 3 is 2.57 bits per heavy atom.